The van der Waals surface area contributed by atoms with Crippen molar-refractivity contribution >= 4 is 17.8 Å². The van der Waals surface area contributed by atoms with E-state index in [1.807, 2.05) is 0 Å². The van der Waals surface area contributed by atoms with Crippen LogP contribution in [0.25, 0.3) is 0 Å². The Hall–Kier alpha value is -2.29. The highest BCUT2D eigenvalue weighted by Gasteiger charge is 2.36. The SMILES string of the molecule is COC(=O)C[C@@H]1CN(CCON2C(=O)c3ccccc3C2=O)CCO1. The molecular formula is C17H20N2O6. The Morgan fingerprint density at radius 2 is 1.92 bits per heavy atom. The zero-order chi connectivity index (χ0) is 17.8. The van der Waals surface area contributed by atoms with Crippen LogP contribution in [0, 0.1) is 0 Å². The van der Waals surface area contributed by atoms with Crippen molar-refractivity contribution in [3.05, 3.63) is 35.4 Å². The lowest BCUT2D eigenvalue weighted by atomic mass is 10.1. The second kappa shape index (κ2) is 7.73. The number of morpholine rings is 1. The van der Waals surface area contributed by atoms with Crippen LogP contribution in [0.3, 0.4) is 0 Å². The first kappa shape index (κ1) is 17.5. The summed E-state index contributed by atoms with van der Waals surface area (Å²) in [5.74, 6) is -1.19. The third-order valence-corrected chi connectivity index (χ3v) is 4.23. The molecule has 2 heterocycles. The number of ether oxygens (including phenoxy) is 2. The van der Waals surface area contributed by atoms with Gasteiger partial charge in [0, 0.05) is 19.6 Å². The maximum Gasteiger partial charge on any atom is 0.308 e. The van der Waals surface area contributed by atoms with E-state index in [4.69, 9.17) is 9.57 Å². The molecule has 2 amide bonds. The number of amides is 2. The molecule has 1 aromatic rings. The fourth-order valence-electron chi connectivity index (χ4n) is 2.92. The molecule has 1 fully saturated rings. The predicted octanol–water partition coefficient (Wildman–Crippen LogP) is 0.478. The van der Waals surface area contributed by atoms with Crippen LogP contribution in [0.2, 0.25) is 0 Å². The fraction of sp³-hybridized carbons (Fsp3) is 0.471. The predicted molar refractivity (Wildman–Crippen MR) is 85.7 cm³/mol. The summed E-state index contributed by atoms with van der Waals surface area (Å²) in [6, 6.07) is 6.64. The molecule has 0 bridgehead atoms. The summed E-state index contributed by atoms with van der Waals surface area (Å²) in [4.78, 5) is 43.2. The summed E-state index contributed by atoms with van der Waals surface area (Å²) < 4.78 is 10.2. The van der Waals surface area contributed by atoms with Crippen LogP contribution in [-0.2, 0) is 19.1 Å². The van der Waals surface area contributed by atoms with Gasteiger partial charge in [-0.05, 0) is 12.1 Å². The molecule has 3 rings (SSSR count). The summed E-state index contributed by atoms with van der Waals surface area (Å²) in [6.07, 6.45) is -0.0211. The van der Waals surface area contributed by atoms with Gasteiger partial charge in [0.15, 0.2) is 0 Å². The number of esters is 1. The van der Waals surface area contributed by atoms with Crippen molar-refractivity contribution in [2.45, 2.75) is 12.5 Å². The maximum absolute atomic E-state index is 12.2. The van der Waals surface area contributed by atoms with Crippen LogP contribution in [0.1, 0.15) is 27.1 Å². The van der Waals surface area contributed by atoms with E-state index in [-0.39, 0.29) is 25.1 Å². The molecule has 1 atom stereocenters. The molecule has 0 aromatic heterocycles. The van der Waals surface area contributed by atoms with Gasteiger partial charge < -0.3 is 9.47 Å². The van der Waals surface area contributed by atoms with Gasteiger partial charge in [-0.25, -0.2) is 0 Å². The molecule has 0 spiro atoms. The molecule has 0 N–H and O–H groups in total. The Kier molecular flexibility index (Phi) is 5.42. The number of rotatable bonds is 6. The van der Waals surface area contributed by atoms with Crippen LogP contribution in [-0.4, -0.2) is 73.8 Å². The summed E-state index contributed by atoms with van der Waals surface area (Å²) in [6.45, 7) is 2.49. The number of fused-ring (bicyclic) bond motifs is 1. The number of hydrogen-bond acceptors (Lipinski definition) is 7. The number of nitrogens with zero attached hydrogens (tertiary/aromatic N) is 2. The second-order valence-electron chi connectivity index (χ2n) is 5.86. The van der Waals surface area contributed by atoms with Gasteiger partial charge >= 0.3 is 5.97 Å². The van der Waals surface area contributed by atoms with Gasteiger partial charge in [-0.1, -0.05) is 12.1 Å². The van der Waals surface area contributed by atoms with Crippen LogP contribution in [0.15, 0.2) is 24.3 Å². The molecule has 0 radical (unpaired) electrons. The van der Waals surface area contributed by atoms with Crippen LogP contribution >= 0.6 is 0 Å². The van der Waals surface area contributed by atoms with Crippen molar-refractivity contribution in [1.29, 1.82) is 0 Å². The molecule has 134 valence electrons. The molecule has 25 heavy (non-hydrogen) atoms. The summed E-state index contributed by atoms with van der Waals surface area (Å²) in [5, 5.41) is 0.817. The number of benzene rings is 1. The van der Waals surface area contributed by atoms with E-state index in [0.717, 1.165) is 5.06 Å². The molecule has 0 unspecified atom stereocenters. The maximum atomic E-state index is 12.2. The minimum atomic E-state index is -0.439. The number of hydrogen-bond donors (Lipinski definition) is 0. The Morgan fingerprint density at radius 3 is 2.56 bits per heavy atom. The molecule has 8 heteroatoms. The summed E-state index contributed by atoms with van der Waals surface area (Å²) >= 11 is 0. The monoisotopic (exact) mass is 348 g/mol. The van der Waals surface area contributed by atoms with Crippen LogP contribution < -0.4 is 0 Å². The Morgan fingerprint density at radius 1 is 1.24 bits per heavy atom. The lowest BCUT2D eigenvalue weighted by Gasteiger charge is -2.32. The summed E-state index contributed by atoms with van der Waals surface area (Å²) in [7, 11) is 1.35. The quantitative estimate of drug-likeness (QED) is 0.546. The van der Waals surface area contributed by atoms with Crippen molar-refractivity contribution < 1.29 is 28.7 Å². The van der Waals surface area contributed by atoms with Gasteiger partial charge in [0.2, 0.25) is 0 Å². The normalized spacial score (nSPS) is 20.7. The van der Waals surface area contributed by atoms with Gasteiger partial charge in [-0.3, -0.25) is 24.1 Å². The molecule has 1 aromatic carbocycles. The van der Waals surface area contributed by atoms with Gasteiger partial charge in [0.25, 0.3) is 11.8 Å². The average molecular weight is 348 g/mol. The van der Waals surface area contributed by atoms with E-state index in [1.54, 1.807) is 24.3 Å². The number of methoxy groups -OCH3 is 1. The number of carbonyl (C=O) groups is 3. The lowest BCUT2D eigenvalue weighted by molar-refractivity contribution is -0.146. The van der Waals surface area contributed by atoms with Crippen LogP contribution in [0.5, 0.6) is 0 Å². The lowest BCUT2D eigenvalue weighted by Crippen LogP contribution is -2.45. The highest BCUT2D eigenvalue weighted by molar-refractivity contribution is 6.20. The molecule has 8 nitrogen and oxygen atoms in total. The van der Waals surface area contributed by atoms with Crippen molar-refractivity contribution in [2.24, 2.45) is 0 Å². The van der Waals surface area contributed by atoms with Gasteiger partial charge in [0.1, 0.15) is 0 Å². The van der Waals surface area contributed by atoms with Gasteiger partial charge in [-0.2, -0.15) is 0 Å². The smallest absolute Gasteiger partial charge is 0.308 e. The average Bonchev–Trinajstić information content (AvgIpc) is 2.87. The third kappa shape index (κ3) is 3.87. The highest BCUT2D eigenvalue weighted by Crippen LogP contribution is 2.22. The topological polar surface area (TPSA) is 85.4 Å². The molecule has 1 saturated heterocycles. The Balaban J connectivity index is 1.48. The Labute approximate surface area is 145 Å². The van der Waals surface area contributed by atoms with Crippen LogP contribution in [0.4, 0.5) is 0 Å². The first-order valence-corrected chi connectivity index (χ1v) is 8.11. The van der Waals surface area contributed by atoms with E-state index in [2.05, 4.69) is 9.64 Å². The standard InChI is InChI=1S/C17H20N2O6/c1-23-15(20)10-12-11-18(6-8-24-12)7-9-25-19-16(21)13-4-2-3-5-14(13)17(19)22/h2-5,12H,6-11H2,1H3/t12-/m1/s1. The molecule has 0 aliphatic carbocycles. The van der Waals surface area contributed by atoms with E-state index in [1.165, 1.54) is 7.11 Å². The number of hydroxylamine groups is 2. The minimum Gasteiger partial charge on any atom is -0.469 e. The van der Waals surface area contributed by atoms with Crippen molar-refractivity contribution in [1.82, 2.24) is 9.96 Å². The minimum absolute atomic E-state index is 0.191. The molecule has 2 aliphatic rings. The fourth-order valence-corrected chi connectivity index (χ4v) is 2.92. The van der Waals surface area contributed by atoms with E-state index in [0.29, 0.717) is 37.4 Å². The zero-order valence-electron chi connectivity index (χ0n) is 14.0. The molecular weight excluding hydrogens is 328 g/mol. The molecule has 0 saturated carbocycles. The largest absolute Gasteiger partial charge is 0.469 e. The number of imide groups is 1. The zero-order valence-corrected chi connectivity index (χ0v) is 14.0. The first-order chi connectivity index (χ1) is 12.1. The van der Waals surface area contributed by atoms with Crippen molar-refractivity contribution in [3.8, 4) is 0 Å². The van der Waals surface area contributed by atoms with Gasteiger partial charge in [0.05, 0.1) is 44.0 Å². The van der Waals surface area contributed by atoms with E-state index < -0.39 is 11.8 Å². The third-order valence-electron chi connectivity index (χ3n) is 4.23. The van der Waals surface area contributed by atoms with Gasteiger partial charge in [-0.15, -0.1) is 5.06 Å². The van der Waals surface area contributed by atoms with E-state index >= 15 is 0 Å². The second-order valence-corrected chi connectivity index (χ2v) is 5.86. The highest BCUT2D eigenvalue weighted by atomic mass is 16.7. The summed E-state index contributed by atoms with van der Waals surface area (Å²) in [5.41, 5.74) is 0.717. The van der Waals surface area contributed by atoms with Crippen molar-refractivity contribution in [2.75, 3.05) is 40.0 Å². The first-order valence-electron chi connectivity index (χ1n) is 8.11. The Bertz CT molecular complexity index is 642. The van der Waals surface area contributed by atoms with Crippen molar-refractivity contribution in [3.63, 3.8) is 0 Å². The molecule has 2 aliphatic heterocycles. The van der Waals surface area contributed by atoms with E-state index in [9.17, 15) is 14.4 Å². The number of carbonyl (C=O) groups excluding carboxylic acids is 3.